The molecule has 1 heterocycles. The Labute approximate surface area is 133 Å². The Balaban J connectivity index is 1.91. The van der Waals surface area contributed by atoms with E-state index in [4.69, 9.17) is 0 Å². The summed E-state index contributed by atoms with van der Waals surface area (Å²) in [5.41, 5.74) is -0.307. The molecule has 3 amide bonds. The Hall–Kier alpha value is -3.16. The van der Waals surface area contributed by atoms with E-state index in [2.05, 4.69) is 5.32 Å². The summed E-state index contributed by atoms with van der Waals surface area (Å²) in [6.07, 6.45) is 0. The van der Waals surface area contributed by atoms with E-state index in [1.807, 2.05) is 0 Å². The molecule has 3 rings (SSSR count). The summed E-state index contributed by atoms with van der Waals surface area (Å²) >= 11 is 0. The van der Waals surface area contributed by atoms with E-state index in [1.165, 1.54) is 25.2 Å². The highest BCUT2D eigenvalue weighted by Crippen LogP contribution is 2.25. The lowest BCUT2D eigenvalue weighted by molar-refractivity contribution is 0.0692. The van der Waals surface area contributed by atoms with E-state index in [1.54, 1.807) is 0 Å². The van der Waals surface area contributed by atoms with Gasteiger partial charge in [-0.05, 0) is 30.3 Å². The van der Waals surface area contributed by atoms with Crippen LogP contribution < -0.4 is 5.32 Å². The van der Waals surface area contributed by atoms with Crippen LogP contribution in [0.1, 0.15) is 31.1 Å². The number of nitrogens with zero attached hydrogens (tertiary/aromatic N) is 1. The van der Waals surface area contributed by atoms with Gasteiger partial charge in [0, 0.05) is 12.7 Å². The predicted octanol–water partition coefficient (Wildman–Crippen LogP) is 2.58. The molecule has 2 aromatic carbocycles. The molecule has 1 aliphatic rings. The zero-order chi connectivity index (χ0) is 17.6. The number of rotatable bonds is 2. The number of carbonyl (C=O) groups excluding carboxylic acids is 3. The summed E-state index contributed by atoms with van der Waals surface area (Å²) in [7, 11) is 1.32. The van der Waals surface area contributed by atoms with Gasteiger partial charge in [0.2, 0.25) is 0 Å². The highest BCUT2D eigenvalue weighted by atomic mass is 19.2. The second-order valence-corrected chi connectivity index (χ2v) is 5.11. The number of nitrogens with one attached hydrogen (secondary N) is 1. The van der Waals surface area contributed by atoms with Crippen LogP contribution in [0.5, 0.6) is 0 Å². The standard InChI is InChI=1S/C16H9F3N2O3/c1-21-15(23)8-3-2-7(6-10(8)16(21)24)20-14(22)9-4-5-11(17)13(19)12(9)18/h2-6H,1H3,(H,20,22). The molecule has 0 unspecified atom stereocenters. The van der Waals surface area contributed by atoms with Crippen molar-refractivity contribution in [1.82, 2.24) is 4.90 Å². The number of anilines is 1. The first-order valence-corrected chi connectivity index (χ1v) is 6.72. The number of hydrogen-bond donors (Lipinski definition) is 1. The van der Waals surface area contributed by atoms with Gasteiger partial charge in [0.05, 0.1) is 16.7 Å². The van der Waals surface area contributed by atoms with Crippen LogP contribution >= 0.6 is 0 Å². The van der Waals surface area contributed by atoms with Crippen LogP contribution in [0.15, 0.2) is 30.3 Å². The zero-order valence-corrected chi connectivity index (χ0v) is 12.2. The van der Waals surface area contributed by atoms with Crippen molar-refractivity contribution in [3.63, 3.8) is 0 Å². The van der Waals surface area contributed by atoms with Gasteiger partial charge in [-0.2, -0.15) is 0 Å². The van der Waals surface area contributed by atoms with E-state index < -0.39 is 40.7 Å². The molecule has 0 fully saturated rings. The first-order chi connectivity index (χ1) is 11.3. The molecular weight excluding hydrogens is 325 g/mol. The Bertz CT molecular complexity index is 912. The van der Waals surface area contributed by atoms with Crippen LogP contribution in [-0.4, -0.2) is 29.7 Å². The van der Waals surface area contributed by atoms with Crippen molar-refractivity contribution < 1.29 is 27.6 Å². The Morgan fingerprint density at radius 2 is 1.62 bits per heavy atom. The fourth-order valence-corrected chi connectivity index (χ4v) is 2.34. The molecule has 0 spiro atoms. The monoisotopic (exact) mass is 334 g/mol. The number of benzene rings is 2. The lowest BCUT2D eigenvalue weighted by Crippen LogP contribution is -2.24. The Kier molecular flexibility index (Phi) is 3.59. The van der Waals surface area contributed by atoms with Gasteiger partial charge in [0.25, 0.3) is 17.7 Å². The smallest absolute Gasteiger partial charge is 0.261 e. The van der Waals surface area contributed by atoms with Crippen LogP contribution in [0.4, 0.5) is 18.9 Å². The van der Waals surface area contributed by atoms with Gasteiger partial charge in [-0.15, -0.1) is 0 Å². The summed E-state index contributed by atoms with van der Waals surface area (Å²) in [4.78, 5) is 36.6. The molecule has 1 N–H and O–H groups in total. The molecule has 122 valence electrons. The van der Waals surface area contributed by atoms with E-state index in [0.29, 0.717) is 6.07 Å². The van der Waals surface area contributed by atoms with Crippen molar-refractivity contribution in [3.05, 3.63) is 64.5 Å². The molecular formula is C16H9F3N2O3. The molecule has 0 saturated heterocycles. The lowest BCUT2D eigenvalue weighted by atomic mass is 10.1. The number of amides is 3. The maximum absolute atomic E-state index is 13.6. The van der Waals surface area contributed by atoms with Crippen molar-refractivity contribution in [1.29, 1.82) is 0 Å². The summed E-state index contributed by atoms with van der Waals surface area (Å²) < 4.78 is 39.7. The summed E-state index contributed by atoms with van der Waals surface area (Å²) in [6.45, 7) is 0. The SMILES string of the molecule is CN1C(=O)c2ccc(NC(=O)c3ccc(F)c(F)c3F)cc2C1=O. The summed E-state index contributed by atoms with van der Waals surface area (Å²) in [6, 6.07) is 5.38. The lowest BCUT2D eigenvalue weighted by Gasteiger charge is -2.08. The molecule has 0 aliphatic carbocycles. The summed E-state index contributed by atoms with van der Waals surface area (Å²) in [5.74, 6) is -6.80. The summed E-state index contributed by atoms with van der Waals surface area (Å²) in [5, 5.41) is 2.28. The predicted molar refractivity (Wildman–Crippen MR) is 77.1 cm³/mol. The molecule has 1 aliphatic heterocycles. The van der Waals surface area contributed by atoms with Crippen molar-refractivity contribution in [2.24, 2.45) is 0 Å². The maximum Gasteiger partial charge on any atom is 0.261 e. The van der Waals surface area contributed by atoms with Gasteiger partial charge in [0.1, 0.15) is 0 Å². The van der Waals surface area contributed by atoms with Crippen LogP contribution in [0.3, 0.4) is 0 Å². The third-order valence-electron chi connectivity index (χ3n) is 3.63. The molecule has 2 aromatic rings. The van der Waals surface area contributed by atoms with Gasteiger partial charge in [-0.1, -0.05) is 0 Å². The van der Waals surface area contributed by atoms with Gasteiger partial charge >= 0.3 is 0 Å². The van der Waals surface area contributed by atoms with Gasteiger partial charge in [-0.25, -0.2) is 13.2 Å². The molecule has 0 bridgehead atoms. The van der Waals surface area contributed by atoms with Crippen LogP contribution in [-0.2, 0) is 0 Å². The van der Waals surface area contributed by atoms with Crippen molar-refractivity contribution in [2.45, 2.75) is 0 Å². The molecule has 0 atom stereocenters. The van der Waals surface area contributed by atoms with Gasteiger partial charge < -0.3 is 5.32 Å². The minimum absolute atomic E-state index is 0.0889. The largest absolute Gasteiger partial charge is 0.322 e. The van der Waals surface area contributed by atoms with Gasteiger partial charge in [0.15, 0.2) is 17.5 Å². The van der Waals surface area contributed by atoms with Crippen LogP contribution in [0.25, 0.3) is 0 Å². The quantitative estimate of drug-likeness (QED) is 0.678. The Morgan fingerprint density at radius 3 is 2.33 bits per heavy atom. The second kappa shape index (κ2) is 5.48. The van der Waals surface area contributed by atoms with Gasteiger partial charge in [-0.3, -0.25) is 19.3 Å². The third-order valence-corrected chi connectivity index (χ3v) is 3.63. The average Bonchev–Trinajstić information content (AvgIpc) is 2.77. The number of carbonyl (C=O) groups is 3. The third kappa shape index (κ3) is 2.32. The average molecular weight is 334 g/mol. The Morgan fingerprint density at radius 1 is 0.958 bits per heavy atom. The van der Waals surface area contributed by atoms with E-state index in [-0.39, 0.29) is 16.8 Å². The topological polar surface area (TPSA) is 66.5 Å². The number of halogens is 3. The number of hydrogen-bond acceptors (Lipinski definition) is 3. The number of imide groups is 1. The first-order valence-electron chi connectivity index (χ1n) is 6.72. The minimum Gasteiger partial charge on any atom is -0.322 e. The first kappa shape index (κ1) is 15.7. The van der Waals surface area contributed by atoms with Crippen molar-refractivity contribution in [2.75, 3.05) is 12.4 Å². The molecule has 0 saturated carbocycles. The normalized spacial score (nSPS) is 13.2. The van der Waals surface area contributed by atoms with E-state index in [9.17, 15) is 27.6 Å². The van der Waals surface area contributed by atoms with Crippen LogP contribution in [0, 0.1) is 17.5 Å². The van der Waals surface area contributed by atoms with Crippen molar-refractivity contribution in [3.8, 4) is 0 Å². The van der Waals surface area contributed by atoms with E-state index in [0.717, 1.165) is 11.0 Å². The molecule has 24 heavy (non-hydrogen) atoms. The second-order valence-electron chi connectivity index (χ2n) is 5.11. The zero-order valence-electron chi connectivity index (χ0n) is 12.2. The highest BCUT2D eigenvalue weighted by Gasteiger charge is 2.32. The fourth-order valence-electron chi connectivity index (χ4n) is 2.34. The maximum atomic E-state index is 13.6. The number of fused-ring (bicyclic) bond motifs is 1. The molecule has 5 nitrogen and oxygen atoms in total. The molecule has 0 aromatic heterocycles. The van der Waals surface area contributed by atoms with Crippen molar-refractivity contribution >= 4 is 23.4 Å². The fraction of sp³-hybridized carbons (Fsp3) is 0.0625. The van der Waals surface area contributed by atoms with E-state index >= 15 is 0 Å². The van der Waals surface area contributed by atoms with Crippen LogP contribution in [0.2, 0.25) is 0 Å². The molecule has 0 radical (unpaired) electrons. The molecule has 8 heteroatoms. The highest BCUT2D eigenvalue weighted by molar-refractivity contribution is 6.21. The minimum atomic E-state index is -1.75.